The number of furan rings is 1. The largest absolute Gasteiger partial charge is 0.467 e. The highest BCUT2D eigenvalue weighted by molar-refractivity contribution is 5.83. The molecule has 35 heavy (non-hydrogen) atoms. The first-order chi connectivity index (χ1) is 17.0. The van der Waals surface area contributed by atoms with Crippen molar-refractivity contribution in [3.05, 3.63) is 111 Å². The van der Waals surface area contributed by atoms with Gasteiger partial charge in [0.05, 0.1) is 18.3 Å². The van der Waals surface area contributed by atoms with Crippen LogP contribution in [0.25, 0.3) is 10.9 Å². The molecule has 2 aromatic carbocycles. The molecule has 3 aromatic heterocycles. The zero-order valence-corrected chi connectivity index (χ0v) is 20.2. The van der Waals surface area contributed by atoms with Crippen molar-refractivity contribution in [3.8, 4) is 0 Å². The maximum Gasteiger partial charge on any atom is 0.252 e. The number of nitrogens with one attached hydrogen (secondary N) is 1. The Morgan fingerprint density at radius 3 is 2.60 bits per heavy atom. The van der Waals surface area contributed by atoms with Crippen molar-refractivity contribution in [2.24, 2.45) is 0 Å². The third-order valence-corrected chi connectivity index (χ3v) is 6.41. The number of benzene rings is 2. The molecule has 1 N–H and O–H groups in total. The average Bonchev–Trinajstić information content (AvgIpc) is 3.52. The predicted octanol–water partition coefficient (Wildman–Crippen LogP) is 4.28. The van der Waals surface area contributed by atoms with Crippen LogP contribution in [0.2, 0.25) is 0 Å². The minimum absolute atomic E-state index is 0.0738. The first-order valence-electron chi connectivity index (χ1n) is 11.6. The van der Waals surface area contributed by atoms with Crippen LogP contribution in [0.1, 0.15) is 39.4 Å². The Balaban J connectivity index is 1.46. The van der Waals surface area contributed by atoms with Crippen LogP contribution >= 0.6 is 0 Å². The summed E-state index contributed by atoms with van der Waals surface area (Å²) in [6.07, 6.45) is 1.64. The molecule has 0 unspecified atom stereocenters. The van der Waals surface area contributed by atoms with Crippen LogP contribution in [0.15, 0.2) is 70.1 Å². The fourth-order valence-electron chi connectivity index (χ4n) is 4.26. The van der Waals surface area contributed by atoms with E-state index in [4.69, 9.17) is 4.42 Å². The van der Waals surface area contributed by atoms with Crippen molar-refractivity contribution in [3.63, 3.8) is 0 Å². The third kappa shape index (κ3) is 5.07. The van der Waals surface area contributed by atoms with E-state index in [0.717, 1.165) is 33.4 Å². The highest BCUT2D eigenvalue weighted by Gasteiger charge is 2.17. The Bertz CT molecular complexity index is 1500. The summed E-state index contributed by atoms with van der Waals surface area (Å²) >= 11 is 0. The molecule has 5 aromatic rings. The molecule has 0 aliphatic heterocycles. The van der Waals surface area contributed by atoms with E-state index >= 15 is 0 Å². The molecule has 0 bridgehead atoms. The number of hydrogen-bond donors (Lipinski definition) is 1. The number of aryl methyl sites for hydroxylation is 3. The minimum Gasteiger partial charge on any atom is -0.467 e. The van der Waals surface area contributed by atoms with Crippen LogP contribution in [-0.2, 0) is 26.2 Å². The average molecular weight is 469 g/mol. The Morgan fingerprint density at radius 2 is 1.83 bits per heavy atom. The lowest BCUT2D eigenvalue weighted by Crippen LogP contribution is -2.28. The number of aromatic nitrogens is 5. The van der Waals surface area contributed by atoms with Crippen LogP contribution in [0.5, 0.6) is 0 Å². The summed E-state index contributed by atoms with van der Waals surface area (Å²) in [6.45, 7) is 8.20. The normalized spacial score (nSPS) is 11.5. The van der Waals surface area contributed by atoms with Gasteiger partial charge in [-0.05, 0) is 71.5 Å². The molecule has 0 radical (unpaired) electrons. The number of H-pyrrole nitrogens is 1. The standard InChI is InChI=1S/C27H28N6O2/c1-18-6-9-21(10-7-18)14-32(17-25-29-30-31-33(25)16-24-5-4-12-35-24)15-23-13-22-11-8-19(2)20(3)26(22)28-27(23)34/h4-13H,14-17H2,1-3H3,(H,28,34). The van der Waals surface area contributed by atoms with E-state index in [2.05, 4.69) is 75.7 Å². The quantitative estimate of drug-likeness (QED) is 0.365. The van der Waals surface area contributed by atoms with Crippen LogP contribution in [0, 0.1) is 20.8 Å². The van der Waals surface area contributed by atoms with Crippen LogP contribution in [-0.4, -0.2) is 30.1 Å². The van der Waals surface area contributed by atoms with Gasteiger partial charge >= 0.3 is 0 Å². The summed E-state index contributed by atoms with van der Waals surface area (Å²) < 4.78 is 7.20. The lowest BCUT2D eigenvalue weighted by molar-refractivity contribution is 0.235. The fraction of sp³-hybridized carbons (Fsp3) is 0.259. The SMILES string of the molecule is Cc1ccc(CN(Cc2cc3ccc(C)c(C)c3[nH]c2=O)Cc2nnnn2Cc2ccco2)cc1. The van der Waals surface area contributed by atoms with Crippen LogP contribution < -0.4 is 5.56 Å². The third-order valence-electron chi connectivity index (χ3n) is 6.41. The summed E-state index contributed by atoms with van der Waals surface area (Å²) in [4.78, 5) is 18.4. The van der Waals surface area contributed by atoms with Gasteiger partial charge in [-0.25, -0.2) is 4.68 Å². The van der Waals surface area contributed by atoms with Crippen molar-refractivity contribution in [2.75, 3.05) is 0 Å². The number of nitrogens with zero attached hydrogens (tertiary/aromatic N) is 5. The number of fused-ring (bicyclic) bond motifs is 1. The number of pyridine rings is 1. The van der Waals surface area contributed by atoms with E-state index in [1.807, 2.05) is 25.1 Å². The molecule has 3 heterocycles. The van der Waals surface area contributed by atoms with E-state index in [9.17, 15) is 4.79 Å². The van der Waals surface area contributed by atoms with Gasteiger partial charge in [0.15, 0.2) is 5.82 Å². The van der Waals surface area contributed by atoms with Gasteiger partial charge in [0.25, 0.3) is 5.56 Å². The zero-order chi connectivity index (χ0) is 24.4. The second kappa shape index (κ2) is 9.68. The fourth-order valence-corrected chi connectivity index (χ4v) is 4.26. The monoisotopic (exact) mass is 468 g/mol. The number of hydrogen-bond acceptors (Lipinski definition) is 6. The maximum absolute atomic E-state index is 13.1. The van der Waals surface area contributed by atoms with Crippen molar-refractivity contribution >= 4 is 10.9 Å². The molecule has 0 amide bonds. The molecule has 8 heteroatoms. The first kappa shape index (κ1) is 22.7. The first-order valence-corrected chi connectivity index (χ1v) is 11.6. The topological polar surface area (TPSA) is 92.8 Å². The predicted molar refractivity (Wildman–Crippen MR) is 134 cm³/mol. The Kier molecular flexibility index (Phi) is 6.29. The second-order valence-electron chi connectivity index (χ2n) is 9.06. The summed E-state index contributed by atoms with van der Waals surface area (Å²) in [5.41, 5.74) is 6.15. The summed E-state index contributed by atoms with van der Waals surface area (Å²) in [5, 5.41) is 13.3. The molecular weight excluding hydrogens is 440 g/mol. The molecule has 0 aliphatic rings. The number of rotatable bonds is 8. The Hall–Kier alpha value is -4.04. The molecule has 0 fully saturated rings. The minimum atomic E-state index is -0.0738. The van der Waals surface area contributed by atoms with Crippen molar-refractivity contribution in [2.45, 2.75) is 47.0 Å². The van der Waals surface area contributed by atoms with Gasteiger partial charge in [-0.2, -0.15) is 0 Å². The molecule has 178 valence electrons. The Morgan fingerprint density at radius 1 is 1.00 bits per heavy atom. The zero-order valence-electron chi connectivity index (χ0n) is 20.2. The Labute approximate surface area is 203 Å². The van der Waals surface area contributed by atoms with Gasteiger partial charge < -0.3 is 9.40 Å². The van der Waals surface area contributed by atoms with Crippen LogP contribution in [0.3, 0.4) is 0 Å². The number of aromatic amines is 1. The van der Waals surface area contributed by atoms with Gasteiger partial charge in [0, 0.05) is 18.7 Å². The smallest absolute Gasteiger partial charge is 0.252 e. The number of tetrazole rings is 1. The molecule has 8 nitrogen and oxygen atoms in total. The lowest BCUT2D eigenvalue weighted by Gasteiger charge is -2.22. The van der Waals surface area contributed by atoms with Gasteiger partial charge in [-0.1, -0.05) is 42.0 Å². The van der Waals surface area contributed by atoms with E-state index in [1.54, 1.807) is 10.9 Å². The summed E-state index contributed by atoms with van der Waals surface area (Å²) in [6, 6.07) is 18.3. The van der Waals surface area contributed by atoms with E-state index in [1.165, 1.54) is 5.56 Å². The molecular formula is C27H28N6O2. The molecule has 0 spiro atoms. The van der Waals surface area contributed by atoms with Gasteiger partial charge in [-0.15, -0.1) is 5.10 Å². The molecule has 0 atom stereocenters. The molecule has 0 saturated carbocycles. The van der Waals surface area contributed by atoms with Gasteiger partial charge in [0.2, 0.25) is 0 Å². The maximum atomic E-state index is 13.1. The molecule has 5 rings (SSSR count). The summed E-state index contributed by atoms with van der Waals surface area (Å²) in [5.74, 6) is 1.48. The van der Waals surface area contributed by atoms with E-state index in [0.29, 0.717) is 37.6 Å². The van der Waals surface area contributed by atoms with Crippen LogP contribution in [0.4, 0.5) is 0 Å². The van der Waals surface area contributed by atoms with E-state index in [-0.39, 0.29) is 5.56 Å². The molecule has 0 aliphatic carbocycles. The highest BCUT2D eigenvalue weighted by atomic mass is 16.3. The molecule has 0 saturated heterocycles. The highest BCUT2D eigenvalue weighted by Crippen LogP contribution is 2.20. The summed E-state index contributed by atoms with van der Waals surface area (Å²) in [7, 11) is 0. The van der Waals surface area contributed by atoms with Crippen molar-refractivity contribution in [1.82, 2.24) is 30.1 Å². The van der Waals surface area contributed by atoms with Crippen molar-refractivity contribution in [1.29, 1.82) is 0 Å². The van der Waals surface area contributed by atoms with E-state index < -0.39 is 0 Å². The second-order valence-corrected chi connectivity index (χ2v) is 9.06. The van der Waals surface area contributed by atoms with Gasteiger partial charge in [0.1, 0.15) is 12.3 Å². The van der Waals surface area contributed by atoms with Crippen molar-refractivity contribution < 1.29 is 4.42 Å². The lowest BCUT2D eigenvalue weighted by atomic mass is 10.0. The van der Waals surface area contributed by atoms with Gasteiger partial charge in [-0.3, -0.25) is 9.69 Å².